The Kier molecular flexibility index (Phi) is 6.02. The molecule has 6 heteroatoms. The summed E-state index contributed by atoms with van der Waals surface area (Å²) in [6.45, 7) is 3.56. The summed E-state index contributed by atoms with van der Waals surface area (Å²) >= 11 is 0. The summed E-state index contributed by atoms with van der Waals surface area (Å²) in [6.07, 6.45) is 3.86. The Labute approximate surface area is 163 Å². The van der Waals surface area contributed by atoms with E-state index >= 15 is 0 Å². The van der Waals surface area contributed by atoms with E-state index in [4.69, 9.17) is 4.42 Å². The summed E-state index contributed by atoms with van der Waals surface area (Å²) < 4.78 is 5.56. The number of aliphatic hydroxyl groups excluding tert-OH is 2. The molecule has 3 aromatic rings. The van der Waals surface area contributed by atoms with Crippen LogP contribution in [0.25, 0.3) is 0 Å². The van der Waals surface area contributed by atoms with Gasteiger partial charge in [0.25, 0.3) is 0 Å². The lowest BCUT2D eigenvalue weighted by molar-refractivity contribution is 0.299. The highest BCUT2D eigenvalue weighted by Crippen LogP contribution is 2.43. The topological polar surface area (TPSA) is 107 Å². The summed E-state index contributed by atoms with van der Waals surface area (Å²) in [5.74, 6) is -0.111. The van der Waals surface area contributed by atoms with Crippen LogP contribution < -0.4 is 0 Å². The van der Waals surface area contributed by atoms with Crippen LogP contribution in [0, 0.1) is 13.8 Å². The SMILES string of the molecule is Cc1cc(CCO)cc(C(c2ncco2)c2cc(CCO)cc(C)c2O)c1O. The van der Waals surface area contributed by atoms with Crippen molar-refractivity contribution < 1.29 is 24.8 Å². The average molecular weight is 383 g/mol. The fourth-order valence-corrected chi connectivity index (χ4v) is 3.57. The molecule has 148 valence electrons. The minimum absolute atomic E-state index is 0.0103. The number of aryl methyl sites for hydroxylation is 2. The molecule has 0 amide bonds. The van der Waals surface area contributed by atoms with Crippen molar-refractivity contribution in [1.82, 2.24) is 4.98 Å². The van der Waals surface area contributed by atoms with Crippen LogP contribution in [0.3, 0.4) is 0 Å². The molecule has 1 heterocycles. The molecule has 1 aromatic heterocycles. The predicted octanol–water partition coefficient (Wildman–Crippen LogP) is 2.95. The Morgan fingerprint density at radius 3 is 1.75 bits per heavy atom. The number of oxazole rings is 1. The fourth-order valence-electron chi connectivity index (χ4n) is 3.57. The number of phenolic OH excluding ortho intramolecular Hbond substituents is 2. The van der Waals surface area contributed by atoms with Crippen molar-refractivity contribution in [3.05, 3.63) is 76.0 Å². The van der Waals surface area contributed by atoms with Gasteiger partial charge in [-0.25, -0.2) is 4.98 Å². The first-order chi connectivity index (χ1) is 13.5. The van der Waals surface area contributed by atoms with Gasteiger partial charge >= 0.3 is 0 Å². The van der Waals surface area contributed by atoms with Gasteiger partial charge in [0.1, 0.15) is 17.8 Å². The molecule has 0 aliphatic rings. The summed E-state index contributed by atoms with van der Waals surface area (Å²) in [7, 11) is 0. The Morgan fingerprint density at radius 2 is 1.36 bits per heavy atom. The minimum atomic E-state index is -0.635. The lowest BCUT2D eigenvalue weighted by Crippen LogP contribution is -2.08. The molecule has 0 bridgehead atoms. The Balaban J connectivity index is 2.26. The molecule has 28 heavy (non-hydrogen) atoms. The molecule has 4 N–H and O–H groups in total. The maximum Gasteiger partial charge on any atom is 0.206 e. The number of rotatable bonds is 7. The molecule has 0 fully saturated rings. The van der Waals surface area contributed by atoms with Crippen molar-refractivity contribution in [3.8, 4) is 11.5 Å². The molecule has 0 spiro atoms. The maximum absolute atomic E-state index is 10.8. The molecule has 0 unspecified atom stereocenters. The second-order valence-corrected chi connectivity index (χ2v) is 6.95. The van der Waals surface area contributed by atoms with Gasteiger partial charge in [-0.3, -0.25) is 0 Å². The molecule has 6 nitrogen and oxygen atoms in total. The van der Waals surface area contributed by atoms with Gasteiger partial charge in [-0.2, -0.15) is 0 Å². The van der Waals surface area contributed by atoms with Gasteiger partial charge < -0.3 is 24.8 Å². The third-order valence-corrected chi connectivity index (χ3v) is 4.90. The lowest BCUT2D eigenvalue weighted by atomic mass is 9.85. The molecular formula is C22H25NO5. The van der Waals surface area contributed by atoms with Crippen molar-refractivity contribution in [2.45, 2.75) is 32.6 Å². The molecular weight excluding hydrogens is 358 g/mol. The number of nitrogens with zero attached hydrogens (tertiary/aromatic N) is 1. The van der Waals surface area contributed by atoms with Crippen molar-refractivity contribution in [3.63, 3.8) is 0 Å². The number of aromatic hydroxyl groups is 2. The molecule has 0 saturated heterocycles. The molecule has 0 atom stereocenters. The van der Waals surface area contributed by atoms with Crippen molar-refractivity contribution >= 4 is 0 Å². The summed E-state index contributed by atoms with van der Waals surface area (Å²) in [4.78, 5) is 4.27. The standard InChI is InChI=1S/C22H25NO5/c1-13-9-15(3-6-24)11-17(20(13)26)19(22-23-5-8-28-22)18-12-16(4-7-25)10-14(2)21(18)27/h5,8-12,19,24-27H,3-4,6-7H2,1-2H3. The lowest BCUT2D eigenvalue weighted by Gasteiger charge is -2.21. The van der Waals surface area contributed by atoms with Gasteiger partial charge in [-0.05, 0) is 48.9 Å². The number of aliphatic hydroxyl groups is 2. The van der Waals surface area contributed by atoms with Gasteiger partial charge in [-0.1, -0.05) is 24.3 Å². The summed E-state index contributed by atoms with van der Waals surface area (Å²) in [6, 6.07) is 7.27. The molecule has 0 radical (unpaired) electrons. The summed E-state index contributed by atoms with van der Waals surface area (Å²) in [5.41, 5.74) is 4.16. The zero-order chi connectivity index (χ0) is 20.3. The smallest absolute Gasteiger partial charge is 0.206 e. The van der Waals surface area contributed by atoms with Crippen LogP contribution in [0.4, 0.5) is 0 Å². The van der Waals surface area contributed by atoms with Gasteiger partial charge in [0, 0.05) is 24.3 Å². The highest BCUT2D eigenvalue weighted by atomic mass is 16.3. The van der Waals surface area contributed by atoms with Crippen LogP contribution in [0.15, 0.2) is 41.1 Å². The minimum Gasteiger partial charge on any atom is -0.507 e. The Hall–Kier alpha value is -2.83. The van der Waals surface area contributed by atoms with Gasteiger partial charge in [-0.15, -0.1) is 0 Å². The molecule has 0 saturated carbocycles. The Morgan fingerprint density at radius 1 is 0.857 bits per heavy atom. The zero-order valence-corrected chi connectivity index (χ0v) is 16.0. The molecule has 3 rings (SSSR count). The number of aromatic nitrogens is 1. The molecule has 2 aromatic carbocycles. The van der Waals surface area contributed by atoms with Crippen molar-refractivity contribution in [2.24, 2.45) is 0 Å². The van der Waals surface area contributed by atoms with Crippen LogP contribution in [0.2, 0.25) is 0 Å². The first-order valence-corrected chi connectivity index (χ1v) is 9.22. The second-order valence-electron chi connectivity index (χ2n) is 6.95. The highest BCUT2D eigenvalue weighted by molar-refractivity contribution is 5.56. The van der Waals surface area contributed by atoms with Gasteiger partial charge in [0.15, 0.2) is 0 Å². The summed E-state index contributed by atoms with van der Waals surface area (Å²) in [5, 5.41) is 40.3. The van der Waals surface area contributed by atoms with Gasteiger partial charge in [0.2, 0.25) is 5.89 Å². The van der Waals surface area contributed by atoms with Gasteiger partial charge in [0.05, 0.1) is 12.1 Å². The average Bonchev–Trinajstić information content (AvgIpc) is 3.18. The van der Waals surface area contributed by atoms with Crippen LogP contribution >= 0.6 is 0 Å². The fraction of sp³-hybridized carbons (Fsp3) is 0.318. The van der Waals surface area contributed by atoms with Crippen LogP contribution in [0.1, 0.15) is 45.2 Å². The zero-order valence-electron chi connectivity index (χ0n) is 16.0. The van der Waals surface area contributed by atoms with E-state index in [9.17, 15) is 20.4 Å². The maximum atomic E-state index is 10.8. The van der Waals surface area contributed by atoms with E-state index in [1.165, 1.54) is 12.5 Å². The Bertz CT molecular complexity index is 889. The highest BCUT2D eigenvalue weighted by Gasteiger charge is 2.28. The van der Waals surface area contributed by atoms with E-state index in [-0.39, 0.29) is 24.7 Å². The van der Waals surface area contributed by atoms with Crippen molar-refractivity contribution in [2.75, 3.05) is 13.2 Å². The van der Waals surface area contributed by atoms with E-state index in [0.717, 1.165) is 11.1 Å². The third kappa shape index (κ3) is 3.88. The molecule has 0 aliphatic carbocycles. The third-order valence-electron chi connectivity index (χ3n) is 4.90. The van der Waals surface area contributed by atoms with Crippen LogP contribution in [0.5, 0.6) is 11.5 Å². The number of hydrogen-bond donors (Lipinski definition) is 4. The van der Waals surface area contributed by atoms with E-state index in [2.05, 4.69) is 4.98 Å². The monoisotopic (exact) mass is 383 g/mol. The number of hydrogen-bond acceptors (Lipinski definition) is 6. The number of phenols is 2. The van der Waals surface area contributed by atoms with Crippen LogP contribution in [-0.4, -0.2) is 38.6 Å². The largest absolute Gasteiger partial charge is 0.507 e. The quantitative estimate of drug-likeness (QED) is 0.500. The van der Waals surface area contributed by atoms with Crippen molar-refractivity contribution in [1.29, 1.82) is 0 Å². The van der Waals surface area contributed by atoms with E-state index < -0.39 is 5.92 Å². The van der Waals surface area contributed by atoms with Crippen LogP contribution in [-0.2, 0) is 12.8 Å². The van der Waals surface area contributed by atoms with E-state index in [1.54, 1.807) is 26.0 Å². The second kappa shape index (κ2) is 8.46. The van der Waals surface area contributed by atoms with E-state index in [0.29, 0.717) is 41.0 Å². The van der Waals surface area contributed by atoms with E-state index in [1.807, 2.05) is 12.1 Å². The first kappa shape index (κ1) is 19.9. The molecule has 0 aliphatic heterocycles. The normalized spacial score (nSPS) is 11.3. The predicted molar refractivity (Wildman–Crippen MR) is 105 cm³/mol. The number of benzene rings is 2. The first-order valence-electron chi connectivity index (χ1n) is 9.22.